The lowest BCUT2D eigenvalue weighted by molar-refractivity contribution is -0.140. The van der Waals surface area contributed by atoms with Gasteiger partial charge in [-0.2, -0.15) is 0 Å². The Hall–Kier alpha value is -0.230. The number of ether oxygens (including phenoxy) is 1. The number of esters is 1. The molecule has 0 aliphatic rings. The van der Waals surface area contributed by atoms with Gasteiger partial charge in [-0.25, -0.2) is 0 Å². The first-order valence-electron chi connectivity index (χ1n) is 3.05. The predicted octanol–water partition coefficient (Wildman–Crippen LogP) is 1.43. The number of hydrogen-bond donors (Lipinski definition) is 1. The van der Waals surface area contributed by atoms with Gasteiger partial charge in [0, 0.05) is 6.92 Å². The number of carbonyl (C=O) groups excluding carboxylic acids is 1. The van der Waals surface area contributed by atoms with E-state index in [-0.39, 0.29) is 17.9 Å². The molecule has 0 aliphatic carbocycles. The van der Waals surface area contributed by atoms with Gasteiger partial charge in [-0.3, -0.25) is 9.59 Å². The molecule has 88 valence electrons. The molecule has 5 nitrogen and oxygen atoms in total. The van der Waals surface area contributed by atoms with Gasteiger partial charge in [0.15, 0.2) is 4.30 Å². The summed E-state index contributed by atoms with van der Waals surface area (Å²) in [5, 5.41) is 6.89. The maximum atomic E-state index is 9.82. The number of halogens is 3. The Morgan fingerprint density at radius 2 is 1.71 bits per heavy atom. The fourth-order valence-electron chi connectivity index (χ4n) is 0.203. The highest BCUT2D eigenvalue weighted by Gasteiger charge is 1.81. The Balaban J connectivity index is -0.0000000553. The lowest BCUT2D eigenvalue weighted by Gasteiger charge is -1.89. The fraction of sp³-hybridized carbons (Fsp3) is 0.667. The normalized spacial score (nSPS) is 6.71. The number of carbonyl (C=O) groups is 2. The second-order valence-corrected chi connectivity index (χ2v) is 3.26. The molecule has 0 bridgehead atoms. The first-order valence-corrected chi connectivity index (χ1v) is 4.36. The van der Waals surface area contributed by atoms with E-state index < -0.39 is 4.30 Å². The zero-order valence-corrected chi connectivity index (χ0v) is 9.94. The first-order chi connectivity index (χ1) is 5.92. The van der Waals surface area contributed by atoms with Gasteiger partial charge in [0.25, 0.3) is 6.47 Å². The van der Waals surface area contributed by atoms with Crippen LogP contribution in [-0.4, -0.2) is 33.9 Å². The largest absolute Gasteiger partial charge is 0.483 e. The van der Waals surface area contributed by atoms with Crippen molar-refractivity contribution < 1.29 is 24.9 Å². The van der Waals surface area contributed by atoms with E-state index in [4.69, 9.17) is 44.7 Å². The van der Waals surface area contributed by atoms with Crippen LogP contribution in [0.25, 0.3) is 0 Å². The molecule has 3 N–H and O–H groups in total. The molecule has 14 heavy (non-hydrogen) atoms. The van der Waals surface area contributed by atoms with Crippen molar-refractivity contribution in [1.82, 2.24) is 0 Å². The minimum atomic E-state index is -0.750. The molecular weight excluding hydrogens is 258 g/mol. The van der Waals surface area contributed by atoms with Gasteiger partial charge in [-0.1, -0.05) is 34.8 Å². The summed E-state index contributed by atoms with van der Waals surface area (Å²) < 4.78 is 3.65. The molecule has 0 heterocycles. The SMILES string of the molecule is CCOC(C)=O.ClC(Cl)Cl.O.O=CO. The first kappa shape index (κ1) is 23.5. The van der Waals surface area contributed by atoms with Crippen molar-refractivity contribution in [2.45, 2.75) is 18.1 Å². The molecule has 0 saturated carbocycles. The second-order valence-electron chi connectivity index (χ2n) is 1.28. The highest BCUT2D eigenvalue weighted by Crippen LogP contribution is 2.03. The molecule has 0 atom stereocenters. The van der Waals surface area contributed by atoms with Crippen molar-refractivity contribution in [3.63, 3.8) is 0 Å². The molecule has 0 aromatic rings. The third-order valence-corrected chi connectivity index (χ3v) is 0.348. The van der Waals surface area contributed by atoms with E-state index in [1.54, 1.807) is 6.92 Å². The van der Waals surface area contributed by atoms with Gasteiger partial charge in [0.05, 0.1) is 6.61 Å². The van der Waals surface area contributed by atoms with Gasteiger partial charge in [-0.05, 0) is 6.92 Å². The topological polar surface area (TPSA) is 95.1 Å². The van der Waals surface area contributed by atoms with Crippen LogP contribution in [0.15, 0.2) is 0 Å². The standard InChI is InChI=1S/C4H8O2.CHCl3.CH2O2.H2O/c1-3-6-4(2)5;2-1(3)4;2-1-3;/h3H2,1-2H3;1H;1H,(H,2,3);1H2. The van der Waals surface area contributed by atoms with Crippen molar-refractivity contribution in [1.29, 1.82) is 0 Å². The molecule has 0 radical (unpaired) electrons. The van der Waals surface area contributed by atoms with E-state index in [0.717, 1.165) is 0 Å². The lowest BCUT2D eigenvalue weighted by Crippen LogP contribution is -1.95. The molecule has 8 heteroatoms. The van der Waals surface area contributed by atoms with Crippen molar-refractivity contribution in [3.8, 4) is 0 Å². The molecule has 0 spiro atoms. The van der Waals surface area contributed by atoms with Gasteiger partial charge < -0.3 is 15.3 Å². The predicted molar refractivity (Wildman–Crippen MR) is 56.0 cm³/mol. The molecule has 0 unspecified atom stereocenters. The van der Waals surface area contributed by atoms with Crippen molar-refractivity contribution in [2.75, 3.05) is 6.61 Å². The van der Waals surface area contributed by atoms with Crippen LogP contribution in [0, 0.1) is 0 Å². The van der Waals surface area contributed by atoms with Gasteiger partial charge in [-0.15, -0.1) is 0 Å². The molecule has 0 rings (SSSR count). The molecule has 0 aromatic carbocycles. The Kier molecular flexibility index (Phi) is 38.6. The zero-order chi connectivity index (χ0) is 11.3. The van der Waals surface area contributed by atoms with Crippen LogP contribution >= 0.6 is 34.8 Å². The van der Waals surface area contributed by atoms with Crippen LogP contribution in [-0.2, 0) is 14.3 Å². The van der Waals surface area contributed by atoms with Crippen molar-refractivity contribution in [3.05, 3.63) is 0 Å². The minimum absolute atomic E-state index is 0. The van der Waals surface area contributed by atoms with Gasteiger partial charge in [0.2, 0.25) is 0 Å². The fourth-order valence-corrected chi connectivity index (χ4v) is 0.203. The average molecular weight is 272 g/mol. The molecule has 0 aromatic heterocycles. The van der Waals surface area contributed by atoms with Crippen LogP contribution in [0.4, 0.5) is 0 Å². The van der Waals surface area contributed by atoms with E-state index in [2.05, 4.69) is 4.74 Å². The van der Waals surface area contributed by atoms with Gasteiger partial charge in [0.1, 0.15) is 0 Å². The van der Waals surface area contributed by atoms with Crippen LogP contribution in [0.1, 0.15) is 13.8 Å². The summed E-state index contributed by atoms with van der Waals surface area (Å²) >= 11 is 14.4. The lowest BCUT2D eigenvalue weighted by atomic mass is 10.8. The Morgan fingerprint density at radius 3 is 1.71 bits per heavy atom. The Morgan fingerprint density at radius 1 is 1.50 bits per heavy atom. The summed E-state index contributed by atoms with van der Waals surface area (Å²) in [7, 11) is 0. The van der Waals surface area contributed by atoms with Crippen LogP contribution in [0.5, 0.6) is 0 Å². The third kappa shape index (κ3) is 178. The highest BCUT2D eigenvalue weighted by molar-refractivity contribution is 6.63. The smallest absolute Gasteiger partial charge is 0.302 e. The molecular formula is C6H13Cl3O5. The number of hydrogen-bond acceptors (Lipinski definition) is 3. The minimum Gasteiger partial charge on any atom is -0.483 e. The summed E-state index contributed by atoms with van der Waals surface area (Å²) in [4.78, 5) is 18.2. The van der Waals surface area contributed by atoms with Crippen LogP contribution in [0.3, 0.4) is 0 Å². The molecule has 0 amide bonds. The van der Waals surface area contributed by atoms with Crippen LogP contribution in [0.2, 0.25) is 0 Å². The zero-order valence-electron chi connectivity index (χ0n) is 7.67. The summed E-state index contributed by atoms with van der Waals surface area (Å²) in [6.07, 6.45) is 0. The van der Waals surface area contributed by atoms with Crippen molar-refractivity contribution in [2.24, 2.45) is 0 Å². The van der Waals surface area contributed by atoms with E-state index >= 15 is 0 Å². The van der Waals surface area contributed by atoms with E-state index in [0.29, 0.717) is 6.61 Å². The average Bonchev–Trinajstić information content (AvgIpc) is 1.86. The van der Waals surface area contributed by atoms with Gasteiger partial charge >= 0.3 is 5.97 Å². The Labute approximate surface area is 97.2 Å². The maximum absolute atomic E-state index is 9.82. The summed E-state index contributed by atoms with van der Waals surface area (Å²) in [5.41, 5.74) is 0. The number of rotatable bonds is 1. The summed E-state index contributed by atoms with van der Waals surface area (Å²) in [6, 6.07) is 0. The quantitative estimate of drug-likeness (QED) is 0.443. The molecule has 0 aliphatic heterocycles. The Bertz CT molecular complexity index is 117. The number of carboxylic acid groups (broad SMARTS) is 1. The van der Waals surface area contributed by atoms with E-state index in [9.17, 15) is 4.79 Å². The highest BCUT2D eigenvalue weighted by atomic mass is 35.6. The second kappa shape index (κ2) is 23.0. The third-order valence-electron chi connectivity index (χ3n) is 0.348. The summed E-state index contributed by atoms with van der Waals surface area (Å²) in [5.74, 6) is -0.211. The van der Waals surface area contributed by atoms with Crippen molar-refractivity contribution >= 4 is 47.2 Å². The van der Waals surface area contributed by atoms with E-state index in [1.165, 1.54) is 6.92 Å². The maximum Gasteiger partial charge on any atom is 0.302 e. The van der Waals surface area contributed by atoms with Crippen LogP contribution < -0.4 is 0 Å². The molecule has 0 saturated heterocycles. The molecule has 0 fully saturated rings. The summed E-state index contributed by atoms with van der Waals surface area (Å²) in [6.45, 7) is 3.40. The monoisotopic (exact) mass is 270 g/mol. The van der Waals surface area contributed by atoms with E-state index in [1.807, 2.05) is 0 Å². The number of alkyl halides is 3.